The van der Waals surface area contributed by atoms with Gasteiger partial charge in [-0.05, 0) is 38.5 Å². The van der Waals surface area contributed by atoms with Crippen LogP contribution in [0.5, 0.6) is 0 Å². The average molecular weight is 442 g/mol. The number of hydrogen-bond donors (Lipinski definition) is 2. The number of benzene rings is 3. The molecular formula is C27H27N3OS. The third-order valence-corrected chi connectivity index (χ3v) is 6.09. The van der Waals surface area contributed by atoms with Crippen LogP contribution in [0.3, 0.4) is 0 Å². The number of nitrogens with zero attached hydrogens (tertiary/aromatic N) is 1. The van der Waals surface area contributed by atoms with Crippen molar-refractivity contribution < 1.29 is 4.79 Å². The molecule has 5 heteroatoms. The number of thioether (sulfide) groups is 1. The average Bonchev–Trinajstić information content (AvgIpc) is 3.19. The first kappa shape index (κ1) is 21.9. The van der Waals surface area contributed by atoms with Crippen LogP contribution in [0.15, 0.2) is 78.0 Å². The second kappa shape index (κ2) is 9.88. The highest BCUT2D eigenvalue weighted by atomic mass is 32.2. The summed E-state index contributed by atoms with van der Waals surface area (Å²) in [6.07, 6.45) is 0.416. The van der Waals surface area contributed by atoms with E-state index >= 15 is 0 Å². The Bertz CT molecular complexity index is 1150. The maximum Gasteiger partial charge on any atom is 0.225 e. The Morgan fingerprint density at radius 2 is 1.53 bits per heavy atom. The van der Waals surface area contributed by atoms with Crippen molar-refractivity contribution in [2.24, 2.45) is 0 Å². The summed E-state index contributed by atoms with van der Waals surface area (Å²) in [7, 11) is 0. The minimum atomic E-state index is 0.00664. The topological polar surface area (TPSA) is 57.8 Å². The van der Waals surface area contributed by atoms with Crippen LogP contribution in [0.1, 0.15) is 23.1 Å². The number of carbonyl (C=O) groups excluding carboxylic acids is 1. The van der Waals surface area contributed by atoms with Crippen LogP contribution in [-0.2, 0) is 4.79 Å². The third-order valence-electron chi connectivity index (χ3n) is 5.22. The molecule has 0 saturated heterocycles. The molecular weight excluding hydrogens is 414 g/mol. The van der Waals surface area contributed by atoms with Gasteiger partial charge in [0.25, 0.3) is 0 Å². The quantitative estimate of drug-likeness (QED) is 0.310. The predicted octanol–water partition coefficient (Wildman–Crippen LogP) is 6.79. The summed E-state index contributed by atoms with van der Waals surface area (Å²) in [6, 6.07) is 24.7. The lowest BCUT2D eigenvalue weighted by Crippen LogP contribution is -2.12. The van der Waals surface area contributed by atoms with E-state index in [1.807, 2.05) is 31.2 Å². The summed E-state index contributed by atoms with van der Waals surface area (Å²) in [5, 5.41) is 3.78. The Labute approximate surface area is 193 Å². The van der Waals surface area contributed by atoms with Crippen molar-refractivity contribution in [3.05, 3.63) is 89.5 Å². The maximum atomic E-state index is 12.3. The minimum Gasteiger partial charge on any atom is -0.332 e. The van der Waals surface area contributed by atoms with Crippen LogP contribution in [0.25, 0.3) is 22.5 Å². The van der Waals surface area contributed by atoms with E-state index in [1.54, 1.807) is 11.8 Å². The van der Waals surface area contributed by atoms with Gasteiger partial charge in [-0.3, -0.25) is 4.79 Å². The summed E-state index contributed by atoms with van der Waals surface area (Å²) in [5.41, 5.74) is 8.51. The monoisotopic (exact) mass is 441 g/mol. The van der Waals surface area contributed by atoms with Crippen LogP contribution >= 0.6 is 11.8 Å². The van der Waals surface area contributed by atoms with Gasteiger partial charge >= 0.3 is 0 Å². The molecule has 32 heavy (non-hydrogen) atoms. The lowest BCUT2D eigenvalue weighted by molar-refractivity contribution is -0.115. The Morgan fingerprint density at radius 1 is 0.875 bits per heavy atom. The number of aromatic nitrogens is 2. The molecule has 0 bridgehead atoms. The van der Waals surface area contributed by atoms with Crippen LogP contribution in [0, 0.1) is 20.8 Å². The molecule has 0 aliphatic carbocycles. The molecule has 1 amide bonds. The fraction of sp³-hybridized carbons (Fsp3) is 0.185. The number of rotatable bonds is 7. The Morgan fingerprint density at radius 3 is 2.19 bits per heavy atom. The summed E-state index contributed by atoms with van der Waals surface area (Å²) in [6.45, 7) is 6.18. The number of H-pyrrole nitrogens is 1. The van der Waals surface area contributed by atoms with Gasteiger partial charge in [0.15, 0.2) is 5.16 Å². The maximum absolute atomic E-state index is 12.3. The second-order valence-electron chi connectivity index (χ2n) is 8.01. The zero-order valence-corrected chi connectivity index (χ0v) is 19.4. The molecule has 0 atom stereocenters. The van der Waals surface area contributed by atoms with Crippen LogP contribution in [-0.4, -0.2) is 21.6 Å². The molecule has 4 nitrogen and oxygen atoms in total. The number of anilines is 1. The first-order valence-corrected chi connectivity index (χ1v) is 11.7. The Hall–Kier alpha value is -3.31. The number of aromatic amines is 1. The largest absolute Gasteiger partial charge is 0.332 e. The Balaban J connectivity index is 1.49. The zero-order valence-electron chi connectivity index (χ0n) is 18.6. The van der Waals surface area contributed by atoms with Crippen molar-refractivity contribution in [3.63, 3.8) is 0 Å². The van der Waals surface area contributed by atoms with Crippen molar-refractivity contribution in [3.8, 4) is 22.5 Å². The minimum absolute atomic E-state index is 0.00664. The number of aryl methyl sites for hydroxylation is 3. The van der Waals surface area contributed by atoms with Gasteiger partial charge in [0.2, 0.25) is 5.91 Å². The van der Waals surface area contributed by atoms with Gasteiger partial charge in [0.1, 0.15) is 0 Å². The molecule has 0 aliphatic heterocycles. The number of nitrogens with one attached hydrogen (secondary N) is 2. The van der Waals surface area contributed by atoms with Gasteiger partial charge in [0.05, 0.1) is 11.4 Å². The van der Waals surface area contributed by atoms with Gasteiger partial charge < -0.3 is 10.3 Å². The number of carbonyl (C=O) groups is 1. The van der Waals surface area contributed by atoms with Gasteiger partial charge in [-0.2, -0.15) is 0 Å². The lowest BCUT2D eigenvalue weighted by atomic mass is 10.0. The summed E-state index contributed by atoms with van der Waals surface area (Å²) in [4.78, 5) is 20.7. The first-order chi connectivity index (χ1) is 15.5. The van der Waals surface area contributed by atoms with E-state index in [2.05, 4.69) is 72.7 Å². The van der Waals surface area contributed by atoms with Crippen molar-refractivity contribution in [1.82, 2.24) is 9.97 Å². The number of imidazole rings is 1. The van der Waals surface area contributed by atoms with Crippen molar-refractivity contribution in [1.29, 1.82) is 0 Å². The molecule has 0 spiro atoms. The van der Waals surface area contributed by atoms with E-state index < -0.39 is 0 Å². The summed E-state index contributed by atoms with van der Waals surface area (Å²) >= 11 is 1.57. The summed E-state index contributed by atoms with van der Waals surface area (Å²) in [5.74, 6) is 0.651. The predicted molar refractivity (Wildman–Crippen MR) is 134 cm³/mol. The van der Waals surface area contributed by atoms with Crippen molar-refractivity contribution >= 4 is 23.4 Å². The summed E-state index contributed by atoms with van der Waals surface area (Å²) < 4.78 is 0. The molecule has 4 rings (SSSR count). The molecule has 0 fully saturated rings. The molecule has 1 aromatic heterocycles. The lowest BCUT2D eigenvalue weighted by Gasteiger charge is -2.05. The van der Waals surface area contributed by atoms with Gasteiger partial charge in [0, 0.05) is 29.0 Å². The van der Waals surface area contributed by atoms with Crippen LogP contribution in [0.4, 0.5) is 5.69 Å². The van der Waals surface area contributed by atoms with E-state index in [-0.39, 0.29) is 5.91 Å². The van der Waals surface area contributed by atoms with Crippen LogP contribution < -0.4 is 5.32 Å². The van der Waals surface area contributed by atoms with Gasteiger partial charge in [-0.25, -0.2) is 4.98 Å². The first-order valence-electron chi connectivity index (χ1n) is 10.7. The smallest absolute Gasteiger partial charge is 0.225 e. The highest BCUT2D eigenvalue weighted by molar-refractivity contribution is 7.99. The van der Waals surface area contributed by atoms with Crippen LogP contribution in [0.2, 0.25) is 0 Å². The van der Waals surface area contributed by atoms with Gasteiger partial charge in [-0.15, -0.1) is 0 Å². The fourth-order valence-corrected chi connectivity index (χ4v) is 4.27. The number of hydrogen-bond acceptors (Lipinski definition) is 3. The second-order valence-corrected chi connectivity index (χ2v) is 9.10. The molecule has 2 N–H and O–H groups in total. The SMILES string of the molecule is Cc1ccc(-c2nc(SCCC(=O)Nc3cccc(C)c3)[nH]c2-c2ccc(C)cc2)cc1. The van der Waals surface area contributed by atoms with Crippen molar-refractivity contribution in [2.75, 3.05) is 11.1 Å². The van der Waals surface area contributed by atoms with E-state index in [9.17, 15) is 4.79 Å². The molecule has 4 aromatic rings. The zero-order chi connectivity index (χ0) is 22.5. The van der Waals surface area contributed by atoms with E-state index in [0.29, 0.717) is 12.2 Å². The molecule has 1 heterocycles. The van der Waals surface area contributed by atoms with Crippen molar-refractivity contribution in [2.45, 2.75) is 32.3 Å². The van der Waals surface area contributed by atoms with E-state index in [1.165, 1.54) is 11.1 Å². The molecule has 3 aromatic carbocycles. The Kier molecular flexibility index (Phi) is 6.76. The number of amides is 1. The normalized spacial score (nSPS) is 10.8. The molecule has 0 unspecified atom stereocenters. The van der Waals surface area contributed by atoms with Gasteiger partial charge in [-0.1, -0.05) is 83.6 Å². The molecule has 0 radical (unpaired) electrons. The molecule has 0 aliphatic rings. The van der Waals surface area contributed by atoms with E-state index in [4.69, 9.17) is 4.98 Å². The highest BCUT2D eigenvalue weighted by Crippen LogP contribution is 2.33. The third kappa shape index (κ3) is 5.48. The molecule has 162 valence electrons. The fourth-order valence-electron chi connectivity index (χ4n) is 3.46. The van der Waals surface area contributed by atoms with E-state index in [0.717, 1.165) is 38.9 Å². The molecule has 0 saturated carbocycles. The standard InChI is InChI=1S/C27H27N3OS/c1-18-7-11-21(12-8-18)25-26(22-13-9-19(2)10-14-22)30-27(29-25)32-16-15-24(31)28-23-6-4-5-20(3)17-23/h4-14,17H,15-16H2,1-3H3,(H,28,31)(H,29,30). The highest BCUT2D eigenvalue weighted by Gasteiger charge is 2.15.